The summed E-state index contributed by atoms with van der Waals surface area (Å²) in [6, 6.07) is 17.3. The molecule has 2 saturated heterocycles. The van der Waals surface area contributed by atoms with Crippen molar-refractivity contribution >= 4 is 5.78 Å². The van der Waals surface area contributed by atoms with Gasteiger partial charge in [-0.3, -0.25) is 9.69 Å². The van der Waals surface area contributed by atoms with Gasteiger partial charge in [-0.15, -0.1) is 0 Å². The van der Waals surface area contributed by atoms with Crippen LogP contribution in [0.25, 0.3) is 0 Å². The van der Waals surface area contributed by atoms with Gasteiger partial charge < -0.3 is 29.2 Å². The molecule has 3 aromatic rings. The predicted octanol–water partition coefficient (Wildman–Crippen LogP) is 5.97. The highest BCUT2D eigenvalue weighted by Gasteiger charge is 2.41. The van der Waals surface area contributed by atoms with Gasteiger partial charge in [-0.1, -0.05) is 30.7 Å². The third kappa shape index (κ3) is 6.29. The Labute approximate surface area is 240 Å². The topological polar surface area (TPSA) is 97.7 Å². The van der Waals surface area contributed by atoms with E-state index in [1.54, 1.807) is 30.3 Å². The Morgan fingerprint density at radius 1 is 0.854 bits per heavy atom. The van der Waals surface area contributed by atoms with Gasteiger partial charge in [-0.05, 0) is 74.2 Å². The molecule has 0 aromatic heterocycles. The van der Waals surface area contributed by atoms with E-state index in [2.05, 4.69) is 4.90 Å². The highest BCUT2D eigenvalue weighted by Crippen LogP contribution is 2.48. The van der Waals surface area contributed by atoms with Crippen molar-refractivity contribution in [3.05, 3.63) is 77.4 Å². The molecule has 3 unspecified atom stereocenters. The number of hydrogen-bond donors (Lipinski definition) is 2. The van der Waals surface area contributed by atoms with Crippen molar-refractivity contribution in [3.63, 3.8) is 0 Å². The number of Topliss-reactive ketones (excluding diaryl/α,β-unsaturated/α-hetero) is 1. The van der Waals surface area contributed by atoms with Crippen molar-refractivity contribution < 1.29 is 34.0 Å². The van der Waals surface area contributed by atoms with Gasteiger partial charge in [-0.25, -0.2) is 0 Å². The lowest BCUT2D eigenvalue weighted by Gasteiger charge is -2.34. The molecule has 0 saturated carbocycles. The Morgan fingerprint density at radius 3 is 2.34 bits per heavy atom. The molecule has 3 heterocycles. The first-order valence-corrected chi connectivity index (χ1v) is 14.7. The Kier molecular flexibility index (Phi) is 8.30. The first-order chi connectivity index (χ1) is 20.0. The molecule has 0 radical (unpaired) electrons. The van der Waals surface area contributed by atoms with E-state index in [4.69, 9.17) is 18.9 Å². The number of ether oxygens (including phenoxy) is 4. The van der Waals surface area contributed by atoms with Gasteiger partial charge in [0.15, 0.2) is 12.1 Å². The molecule has 0 bridgehead atoms. The molecule has 2 N–H and O–H groups in total. The average molecular weight is 560 g/mol. The minimum absolute atomic E-state index is 0.107. The number of carbonyl (C=O) groups is 1. The molecule has 2 fully saturated rings. The van der Waals surface area contributed by atoms with Crippen LogP contribution >= 0.6 is 0 Å². The van der Waals surface area contributed by atoms with E-state index in [1.807, 2.05) is 24.3 Å². The normalized spacial score (nSPS) is 22.9. The molecule has 0 amide bonds. The van der Waals surface area contributed by atoms with Gasteiger partial charge in [0.2, 0.25) is 0 Å². The van der Waals surface area contributed by atoms with Crippen molar-refractivity contribution in [1.29, 1.82) is 0 Å². The molecule has 8 nitrogen and oxygen atoms in total. The molecule has 3 aliphatic heterocycles. The molecule has 3 aliphatic rings. The number of ketones is 1. The van der Waals surface area contributed by atoms with Crippen LogP contribution in [0.1, 0.15) is 72.0 Å². The maximum atomic E-state index is 14.0. The maximum Gasteiger partial charge on any atom is 0.199 e. The largest absolute Gasteiger partial charge is 0.508 e. The first-order valence-electron chi connectivity index (χ1n) is 14.7. The Bertz CT molecular complexity index is 1330. The second-order valence-corrected chi connectivity index (χ2v) is 11.0. The fourth-order valence-corrected chi connectivity index (χ4v) is 5.94. The summed E-state index contributed by atoms with van der Waals surface area (Å²) < 4.78 is 24.2. The average Bonchev–Trinajstić information content (AvgIpc) is 2.99. The van der Waals surface area contributed by atoms with Crippen LogP contribution in [0.4, 0.5) is 0 Å². The summed E-state index contributed by atoms with van der Waals surface area (Å²) in [6.45, 7) is 4.41. The third-order valence-electron chi connectivity index (χ3n) is 8.13. The summed E-state index contributed by atoms with van der Waals surface area (Å²) in [6.07, 6.45) is 5.50. The zero-order chi connectivity index (χ0) is 28.2. The number of carbonyl (C=O) groups excluding carboxylic acids is 1. The molecular formula is C33H37NO7. The lowest BCUT2D eigenvalue weighted by atomic mass is 9.80. The molecule has 216 valence electrons. The van der Waals surface area contributed by atoms with Gasteiger partial charge in [0.1, 0.15) is 47.0 Å². The van der Waals surface area contributed by atoms with Gasteiger partial charge in [0.05, 0.1) is 12.5 Å². The fraction of sp³-hybridized carbons (Fsp3) is 0.424. The molecule has 8 heteroatoms. The Morgan fingerprint density at radius 2 is 1.61 bits per heavy atom. The molecule has 41 heavy (non-hydrogen) atoms. The van der Waals surface area contributed by atoms with Crippen LogP contribution in [-0.4, -0.2) is 60.0 Å². The third-order valence-corrected chi connectivity index (χ3v) is 8.13. The van der Waals surface area contributed by atoms with E-state index in [0.29, 0.717) is 24.5 Å². The second-order valence-electron chi connectivity index (χ2n) is 11.0. The van der Waals surface area contributed by atoms with Crippen molar-refractivity contribution in [2.24, 2.45) is 0 Å². The number of phenols is 2. The van der Waals surface area contributed by atoms with Crippen molar-refractivity contribution in [3.8, 4) is 28.7 Å². The number of phenolic OH excluding ortho intramolecular Hbond substituents is 2. The summed E-state index contributed by atoms with van der Waals surface area (Å²) in [5, 5.41) is 20.8. The first kappa shape index (κ1) is 27.4. The van der Waals surface area contributed by atoms with Crippen LogP contribution in [-0.2, 0) is 4.74 Å². The quantitative estimate of drug-likeness (QED) is 0.349. The maximum absolute atomic E-state index is 14.0. The summed E-state index contributed by atoms with van der Waals surface area (Å²) in [7, 11) is 0. The van der Waals surface area contributed by atoms with Crippen LogP contribution in [0.15, 0.2) is 60.7 Å². The van der Waals surface area contributed by atoms with Gasteiger partial charge in [-0.2, -0.15) is 0 Å². The molecule has 3 aromatic carbocycles. The molecule has 0 aliphatic carbocycles. The van der Waals surface area contributed by atoms with Crippen LogP contribution in [0.2, 0.25) is 0 Å². The summed E-state index contributed by atoms with van der Waals surface area (Å²) >= 11 is 0. The van der Waals surface area contributed by atoms with Crippen LogP contribution in [0.3, 0.4) is 0 Å². The number of aromatic hydroxyl groups is 2. The van der Waals surface area contributed by atoms with Crippen LogP contribution in [0.5, 0.6) is 28.7 Å². The van der Waals surface area contributed by atoms with Crippen molar-refractivity contribution in [1.82, 2.24) is 4.90 Å². The van der Waals surface area contributed by atoms with Gasteiger partial charge in [0.25, 0.3) is 0 Å². The number of hydrogen-bond acceptors (Lipinski definition) is 8. The Hall–Kier alpha value is -3.75. The molecule has 3 atom stereocenters. The minimum atomic E-state index is -0.728. The fourth-order valence-electron chi connectivity index (χ4n) is 5.94. The monoisotopic (exact) mass is 559 g/mol. The smallest absolute Gasteiger partial charge is 0.199 e. The van der Waals surface area contributed by atoms with E-state index < -0.39 is 18.3 Å². The minimum Gasteiger partial charge on any atom is -0.508 e. The number of fused-ring (bicyclic) bond motifs is 1. The van der Waals surface area contributed by atoms with E-state index in [9.17, 15) is 15.0 Å². The second kappa shape index (κ2) is 12.4. The van der Waals surface area contributed by atoms with E-state index in [0.717, 1.165) is 50.2 Å². The number of benzene rings is 3. The number of likely N-dealkylation sites (tertiary alicyclic amines) is 1. The lowest BCUT2D eigenvalue weighted by Crippen LogP contribution is -2.33. The number of nitrogens with zero attached hydrogens (tertiary/aromatic N) is 1. The summed E-state index contributed by atoms with van der Waals surface area (Å²) in [5.74, 6) is 0.335. The molecular weight excluding hydrogens is 522 g/mol. The van der Waals surface area contributed by atoms with E-state index in [-0.39, 0.29) is 28.6 Å². The number of piperidine rings is 1. The zero-order valence-electron chi connectivity index (χ0n) is 23.2. The standard InChI is InChI=1S/C33H37NO7/c35-24-11-7-22(8-12-24)30-32(37)31-27(36)20-26(40-29-6-2-5-18-39-29)21-28(31)41-33(30)23-9-13-25(14-10-23)38-19-17-34-15-3-1-4-16-34/h7-14,20-21,29-30,33,35-36H,1-6,15-19H2. The van der Waals surface area contributed by atoms with Gasteiger partial charge >= 0.3 is 0 Å². The Balaban J connectivity index is 1.25. The highest BCUT2D eigenvalue weighted by atomic mass is 16.7. The van der Waals surface area contributed by atoms with E-state index in [1.165, 1.54) is 25.3 Å². The van der Waals surface area contributed by atoms with Gasteiger partial charge in [0, 0.05) is 25.1 Å². The SMILES string of the molecule is O=C1c2c(O)cc(OC3CCCCO3)cc2OC(c2ccc(OCCN3CCCCC3)cc2)C1c1ccc(O)cc1. The van der Waals surface area contributed by atoms with Crippen LogP contribution < -0.4 is 14.2 Å². The van der Waals surface area contributed by atoms with E-state index >= 15 is 0 Å². The zero-order valence-corrected chi connectivity index (χ0v) is 23.2. The number of rotatable bonds is 8. The predicted molar refractivity (Wildman–Crippen MR) is 153 cm³/mol. The van der Waals surface area contributed by atoms with Crippen LogP contribution in [0, 0.1) is 0 Å². The van der Waals surface area contributed by atoms with Crippen molar-refractivity contribution in [2.45, 2.75) is 56.8 Å². The molecule has 0 spiro atoms. The lowest BCUT2D eigenvalue weighted by molar-refractivity contribution is -0.106. The summed E-state index contributed by atoms with van der Waals surface area (Å²) in [4.78, 5) is 16.4. The highest BCUT2D eigenvalue weighted by molar-refractivity contribution is 6.07. The molecule has 6 rings (SSSR count). The summed E-state index contributed by atoms with van der Waals surface area (Å²) in [5.41, 5.74) is 1.60. The van der Waals surface area contributed by atoms with Crippen molar-refractivity contribution in [2.75, 3.05) is 32.8 Å².